The molecule has 2 aromatic carbocycles. The van der Waals surface area contributed by atoms with Gasteiger partial charge in [0.1, 0.15) is 49.1 Å². The van der Waals surface area contributed by atoms with Crippen LogP contribution in [0, 0.1) is 12.3 Å². The van der Waals surface area contributed by atoms with Crippen molar-refractivity contribution in [1.82, 2.24) is 35.4 Å². The number of carbonyl (C=O) groups is 8. The summed E-state index contributed by atoms with van der Waals surface area (Å²) in [5.74, 6) is -1.78. The summed E-state index contributed by atoms with van der Waals surface area (Å²) in [5, 5.41) is 15.8. The first-order valence-corrected chi connectivity index (χ1v) is 23.7. The lowest BCUT2D eigenvalue weighted by Crippen LogP contribution is -2.54. The number of aromatic nitrogens is 3. The highest BCUT2D eigenvalue weighted by atomic mass is 16.7. The molecule has 0 aliphatic carbocycles. The van der Waals surface area contributed by atoms with Crippen LogP contribution in [0.2, 0.25) is 0 Å². The number of carbonyl (C=O) groups excluding carboxylic acids is 8. The van der Waals surface area contributed by atoms with Crippen LogP contribution in [0.4, 0.5) is 0 Å². The number of hydrogen-bond donors (Lipinski definition) is 2. The van der Waals surface area contributed by atoms with Crippen LogP contribution in [0.5, 0.6) is 11.5 Å². The molecule has 0 radical (unpaired) electrons. The van der Waals surface area contributed by atoms with Gasteiger partial charge < -0.3 is 37.9 Å². The van der Waals surface area contributed by atoms with Crippen LogP contribution in [0.15, 0.2) is 47.7 Å². The van der Waals surface area contributed by atoms with Crippen LogP contribution in [0.3, 0.4) is 0 Å². The normalized spacial score (nSPS) is 16.9. The fourth-order valence-corrected chi connectivity index (χ4v) is 7.74. The third-order valence-corrected chi connectivity index (χ3v) is 10.9. The van der Waals surface area contributed by atoms with Gasteiger partial charge in [-0.2, -0.15) is 0 Å². The van der Waals surface area contributed by atoms with E-state index in [2.05, 4.69) is 36.9 Å². The highest BCUT2D eigenvalue weighted by Gasteiger charge is 2.47. The number of ether oxygens (including phenoxy) is 8. The van der Waals surface area contributed by atoms with E-state index in [9.17, 15) is 38.4 Å². The Morgan fingerprint density at radius 2 is 1.19 bits per heavy atom. The zero-order chi connectivity index (χ0) is 53.6. The Balaban J connectivity index is 0.000000237. The van der Waals surface area contributed by atoms with Gasteiger partial charge in [-0.15, -0.1) is 11.5 Å². The lowest BCUT2D eigenvalue weighted by Gasteiger charge is -2.27. The minimum absolute atomic E-state index is 0.0535. The molecule has 4 aliphatic rings. The summed E-state index contributed by atoms with van der Waals surface area (Å²) in [7, 11) is 0. The molecule has 2 atom stereocenters. The van der Waals surface area contributed by atoms with E-state index in [1.165, 1.54) is 12.1 Å². The van der Waals surface area contributed by atoms with Gasteiger partial charge in [-0.1, -0.05) is 28.4 Å². The molecule has 3 aromatic rings. The fourth-order valence-electron chi connectivity index (χ4n) is 7.74. The van der Waals surface area contributed by atoms with Crippen molar-refractivity contribution in [3.05, 3.63) is 81.0 Å². The molecule has 2 saturated heterocycles. The Hall–Kier alpha value is -7.63. The Morgan fingerprint density at radius 1 is 0.703 bits per heavy atom. The number of rotatable bonds is 25. The third kappa shape index (κ3) is 15.2. The molecule has 8 amide bonds. The van der Waals surface area contributed by atoms with E-state index in [0.29, 0.717) is 38.7 Å². The van der Waals surface area contributed by atoms with E-state index in [4.69, 9.17) is 49.8 Å². The lowest BCUT2D eigenvalue weighted by atomic mass is 10.0. The molecule has 4 aliphatic heterocycles. The van der Waals surface area contributed by atoms with Gasteiger partial charge in [0.25, 0.3) is 23.6 Å². The largest absolute Gasteiger partial charge is 0.490 e. The van der Waals surface area contributed by atoms with Crippen molar-refractivity contribution in [2.45, 2.75) is 91.2 Å². The van der Waals surface area contributed by atoms with Gasteiger partial charge in [0.15, 0.2) is 12.6 Å². The number of benzene rings is 2. The van der Waals surface area contributed by atoms with Crippen LogP contribution < -0.4 is 20.1 Å². The zero-order valence-corrected chi connectivity index (χ0v) is 41.4. The summed E-state index contributed by atoms with van der Waals surface area (Å²) < 4.78 is 44.8. The minimum Gasteiger partial charge on any atom is -0.490 e. The highest BCUT2D eigenvalue weighted by molar-refractivity contribution is 6.25. The van der Waals surface area contributed by atoms with Gasteiger partial charge in [-0.3, -0.25) is 58.8 Å². The predicted molar refractivity (Wildman–Crippen MR) is 255 cm³/mol. The Bertz CT molecular complexity index is 2580. The SMILES string of the molecule is C#CCOCCOc1cccc2c1C(=O)N(C1CCC(=O)NC1=O)C2=O.CCOC(CN=[N+]=[N-])OCC.CCOC(Cn1cc(COCCOc2cccc3c2C(=O)N(C2CCC(=O)NC2=O)C3=O)nn1)OCC. The van der Waals surface area contributed by atoms with Crippen molar-refractivity contribution in [2.75, 3.05) is 66.0 Å². The summed E-state index contributed by atoms with van der Waals surface area (Å²) in [6, 6.07) is 7.31. The maximum atomic E-state index is 13.1. The van der Waals surface area contributed by atoms with Gasteiger partial charge in [-0.25, -0.2) is 4.68 Å². The van der Waals surface area contributed by atoms with Crippen LogP contribution in [-0.2, 0) is 60.8 Å². The Morgan fingerprint density at radius 3 is 1.65 bits per heavy atom. The molecular formula is C48H58N10O16. The number of azide groups is 1. The Kier molecular flexibility index (Phi) is 22.6. The second kappa shape index (κ2) is 29.2. The first-order valence-electron chi connectivity index (χ1n) is 23.7. The maximum absolute atomic E-state index is 13.1. The van der Waals surface area contributed by atoms with Gasteiger partial charge >= 0.3 is 0 Å². The first kappa shape index (κ1) is 57.3. The van der Waals surface area contributed by atoms with E-state index < -0.39 is 65.6 Å². The van der Waals surface area contributed by atoms with Crippen molar-refractivity contribution >= 4 is 47.3 Å². The number of fused-ring (bicyclic) bond motifs is 2. The number of terminal acetylenes is 1. The van der Waals surface area contributed by atoms with Crippen molar-refractivity contribution in [3.8, 4) is 23.8 Å². The predicted octanol–water partition coefficient (Wildman–Crippen LogP) is 2.49. The number of imide groups is 4. The number of nitrogens with one attached hydrogen (secondary N) is 2. The summed E-state index contributed by atoms with van der Waals surface area (Å²) in [4.78, 5) is 103. The number of nitrogens with zero attached hydrogens (tertiary/aromatic N) is 8. The maximum Gasteiger partial charge on any atom is 0.266 e. The van der Waals surface area contributed by atoms with Crippen molar-refractivity contribution in [3.63, 3.8) is 0 Å². The molecule has 26 nitrogen and oxygen atoms in total. The smallest absolute Gasteiger partial charge is 0.266 e. The second-order valence-electron chi connectivity index (χ2n) is 15.8. The van der Waals surface area contributed by atoms with Crippen LogP contribution in [0.25, 0.3) is 10.4 Å². The molecule has 2 fully saturated rings. The van der Waals surface area contributed by atoms with Crippen LogP contribution in [-0.4, -0.2) is 163 Å². The van der Waals surface area contributed by atoms with Crippen molar-refractivity contribution in [1.29, 1.82) is 0 Å². The molecular weight excluding hydrogens is 973 g/mol. The average molecular weight is 1030 g/mol. The second-order valence-corrected chi connectivity index (χ2v) is 15.8. The van der Waals surface area contributed by atoms with E-state index in [1.54, 1.807) is 35.1 Å². The summed E-state index contributed by atoms with van der Waals surface area (Å²) in [5.41, 5.74) is 9.15. The molecule has 0 spiro atoms. The summed E-state index contributed by atoms with van der Waals surface area (Å²) in [6.07, 6.45) is 6.33. The topological polar surface area (TPSA) is 320 Å². The van der Waals surface area contributed by atoms with Crippen LogP contribution >= 0.6 is 0 Å². The Labute approximate surface area is 425 Å². The summed E-state index contributed by atoms with van der Waals surface area (Å²) in [6.45, 7) is 11.3. The zero-order valence-electron chi connectivity index (χ0n) is 41.4. The molecule has 1 aromatic heterocycles. The molecule has 396 valence electrons. The van der Waals surface area contributed by atoms with Crippen LogP contribution in [0.1, 0.15) is 101 Å². The molecule has 5 heterocycles. The monoisotopic (exact) mass is 1030 g/mol. The molecule has 26 heteroatoms. The van der Waals surface area contributed by atoms with E-state index >= 15 is 0 Å². The van der Waals surface area contributed by atoms with Crippen molar-refractivity contribution in [2.24, 2.45) is 5.11 Å². The molecule has 7 rings (SSSR count). The first-order chi connectivity index (χ1) is 35.8. The molecule has 0 bridgehead atoms. The average Bonchev–Trinajstić information content (AvgIpc) is 4.02. The molecule has 2 unspecified atom stereocenters. The summed E-state index contributed by atoms with van der Waals surface area (Å²) >= 11 is 0. The van der Waals surface area contributed by atoms with E-state index in [-0.39, 0.29) is 112 Å². The lowest BCUT2D eigenvalue weighted by molar-refractivity contribution is -0.145. The number of amides is 8. The number of hydrogen-bond acceptors (Lipinski definition) is 19. The quantitative estimate of drug-likeness (QED) is 0.0234. The van der Waals surface area contributed by atoms with Gasteiger partial charge in [0.2, 0.25) is 23.6 Å². The van der Waals surface area contributed by atoms with Gasteiger partial charge in [0, 0.05) is 44.2 Å². The highest BCUT2D eigenvalue weighted by Crippen LogP contribution is 2.35. The minimum atomic E-state index is -1.04. The fraction of sp³-hybridized carbons (Fsp3) is 0.500. The van der Waals surface area contributed by atoms with Gasteiger partial charge in [0.05, 0.1) is 61.4 Å². The molecule has 0 saturated carbocycles. The molecule has 2 N–H and O–H groups in total. The van der Waals surface area contributed by atoms with Gasteiger partial charge in [-0.05, 0) is 70.3 Å². The standard InChI is InChI=1S/C24H29N5O8.C18H16N2O6.C6H13N3O2/c1-3-35-20(36-4-2)13-28-12-15(26-27-28)14-34-10-11-37-18-7-5-6-16-21(18)24(33)29(23(16)32)17-8-9-19(30)25-22(17)31;1-2-8-25-9-10-26-13-5-3-4-11-15(13)18(24)20(17(11)23)12-6-7-14(21)19-16(12)22;1-3-10-6(11-4-2)5-8-9-7/h5-7,12,17,20H,3-4,8-11,13-14H2,1-2H3,(H,25,30,31);1,3-5,12H,6-10H2,(H,19,21,22);6H,3-5H2,1-2H3. The van der Waals surface area contributed by atoms with E-state index in [0.717, 1.165) is 9.80 Å². The third-order valence-electron chi connectivity index (χ3n) is 10.9. The molecule has 74 heavy (non-hydrogen) atoms. The van der Waals surface area contributed by atoms with Crippen molar-refractivity contribution < 1.29 is 76.3 Å². The number of piperidine rings is 2. The van der Waals surface area contributed by atoms with E-state index in [1.807, 2.05) is 27.7 Å².